The normalized spacial score (nSPS) is 22.2. The molecule has 0 aromatic heterocycles. The van der Waals surface area contributed by atoms with Crippen molar-refractivity contribution in [3.63, 3.8) is 0 Å². The summed E-state index contributed by atoms with van der Waals surface area (Å²) in [4.78, 5) is 14.0. The van der Waals surface area contributed by atoms with Crippen molar-refractivity contribution in [3.05, 3.63) is 0 Å². The third kappa shape index (κ3) is 4.61. The van der Waals surface area contributed by atoms with Crippen LogP contribution < -0.4 is 5.32 Å². The fraction of sp³-hybridized carbons (Fsp3) is 0.917. The molecule has 0 aromatic carbocycles. The molecule has 5 nitrogen and oxygen atoms in total. The minimum atomic E-state index is 0.127. The fourth-order valence-corrected chi connectivity index (χ4v) is 2.14. The van der Waals surface area contributed by atoms with Crippen LogP contribution in [-0.2, 0) is 14.3 Å². The molecule has 1 fully saturated rings. The number of hydrogen-bond donors (Lipinski definition) is 1. The molecule has 0 spiro atoms. The van der Waals surface area contributed by atoms with Crippen LogP contribution in [0.1, 0.15) is 20.3 Å². The van der Waals surface area contributed by atoms with Gasteiger partial charge in [-0.05, 0) is 13.8 Å². The van der Waals surface area contributed by atoms with Gasteiger partial charge in [-0.3, -0.25) is 4.79 Å². The van der Waals surface area contributed by atoms with Gasteiger partial charge in [-0.2, -0.15) is 0 Å². The number of rotatable bonds is 6. The minimum absolute atomic E-state index is 0.127. The van der Waals surface area contributed by atoms with Gasteiger partial charge in [-0.1, -0.05) is 0 Å². The third-order valence-electron chi connectivity index (χ3n) is 3.02. The zero-order valence-electron chi connectivity index (χ0n) is 11.1. The lowest BCUT2D eigenvalue weighted by atomic mass is 10.1. The highest BCUT2D eigenvalue weighted by Crippen LogP contribution is 2.06. The Hall–Kier alpha value is -0.650. The molecule has 1 heterocycles. The van der Waals surface area contributed by atoms with Crippen LogP contribution in [0.4, 0.5) is 0 Å². The second kappa shape index (κ2) is 7.63. The van der Waals surface area contributed by atoms with E-state index in [1.54, 1.807) is 7.11 Å². The molecule has 0 saturated carbocycles. The van der Waals surface area contributed by atoms with Crippen LogP contribution in [0.5, 0.6) is 0 Å². The Kier molecular flexibility index (Phi) is 6.47. The summed E-state index contributed by atoms with van der Waals surface area (Å²) in [7, 11) is 1.66. The van der Waals surface area contributed by atoms with Crippen LogP contribution in [0.25, 0.3) is 0 Å². The first-order chi connectivity index (χ1) is 8.19. The lowest BCUT2D eigenvalue weighted by Crippen LogP contribution is -2.47. The van der Waals surface area contributed by atoms with Crippen molar-refractivity contribution in [2.75, 3.05) is 40.0 Å². The SMILES string of the molecule is CCN(C(=O)CC1COCCN1)C(C)COC. The van der Waals surface area contributed by atoms with Crippen molar-refractivity contribution in [1.29, 1.82) is 0 Å². The summed E-state index contributed by atoms with van der Waals surface area (Å²) in [6.45, 7) is 7.50. The molecule has 1 rings (SSSR count). The first-order valence-corrected chi connectivity index (χ1v) is 6.28. The van der Waals surface area contributed by atoms with Crippen LogP contribution in [0, 0.1) is 0 Å². The standard InChI is InChI=1S/C12H24N2O3/c1-4-14(10(2)8-16-3)12(15)7-11-9-17-6-5-13-11/h10-11,13H,4-9H2,1-3H3. The van der Waals surface area contributed by atoms with Crippen molar-refractivity contribution < 1.29 is 14.3 Å². The highest BCUT2D eigenvalue weighted by molar-refractivity contribution is 5.77. The average Bonchev–Trinajstić information content (AvgIpc) is 2.31. The molecule has 0 aliphatic carbocycles. The van der Waals surface area contributed by atoms with Gasteiger partial charge in [-0.15, -0.1) is 0 Å². The molecule has 1 N–H and O–H groups in total. The maximum atomic E-state index is 12.1. The van der Waals surface area contributed by atoms with Crippen LogP contribution >= 0.6 is 0 Å². The topological polar surface area (TPSA) is 50.8 Å². The highest BCUT2D eigenvalue weighted by Gasteiger charge is 2.23. The quantitative estimate of drug-likeness (QED) is 0.727. The summed E-state index contributed by atoms with van der Waals surface area (Å²) in [6, 6.07) is 0.280. The number of nitrogens with zero attached hydrogens (tertiary/aromatic N) is 1. The Morgan fingerprint density at radius 1 is 1.65 bits per heavy atom. The molecule has 0 radical (unpaired) electrons. The van der Waals surface area contributed by atoms with Gasteiger partial charge < -0.3 is 19.7 Å². The number of ether oxygens (including phenoxy) is 2. The maximum Gasteiger partial charge on any atom is 0.224 e. The number of nitrogens with one attached hydrogen (secondary N) is 1. The molecule has 100 valence electrons. The summed E-state index contributed by atoms with van der Waals surface area (Å²) in [5, 5.41) is 3.30. The summed E-state index contributed by atoms with van der Waals surface area (Å²) >= 11 is 0. The van der Waals surface area contributed by atoms with E-state index in [4.69, 9.17) is 9.47 Å². The Morgan fingerprint density at radius 2 is 2.41 bits per heavy atom. The van der Waals surface area contributed by atoms with Gasteiger partial charge in [0.15, 0.2) is 0 Å². The molecule has 1 aliphatic rings. The molecular weight excluding hydrogens is 220 g/mol. The first kappa shape index (κ1) is 14.4. The van der Waals surface area contributed by atoms with E-state index < -0.39 is 0 Å². The van der Waals surface area contributed by atoms with Crippen LogP contribution in [0.2, 0.25) is 0 Å². The molecule has 1 aliphatic heterocycles. The second-order valence-electron chi connectivity index (χ2n) is 4.41. The predicted octanol–water partition coefficient (Wildman–Crippen LogP) is 0.248. The Balaban J connectivity index is 2.41. The number of morpholine rings is 1. The van der Waals surface area contributed by atoms with E-state index in [9.17, 15) is 4.79 Å². The van der Waals surface area contributed by atoms with Crippen molar-refractivity contribution in [2.45, 2.75) is 32.4 Å². The number of hydrogen-bond acceptors (Lipinski definition) is 4. The summed E-state index contributed by atoms with van der Waals surface area (Å²) in [5.74, 6) is 0.167. The van der Waals surface area contributed by atoms with E-state index in [0.29, 0.717) is 19.6 Å². The monoisotopic (exact) mass is 244 g/mol. The summed E-state index contributed by atoms with van der Waals surface area (Å²) < 4.78 is 10.4. The van der Waals surface area contributed by atoms with E-state index in [0.717, 1.165) is 19.7 Å². The van der Waals surface area contributed by atoms with Gasteiger partial charge in [0.25, 0.3) is 0 Å². The largest absolute Gasteiger partial charge is 0.383 e. The van der Waals surface area contributed by atoms with Gasteiger partial charge in [0.1, 0.15) is 0 Å². The molecule has 0 bridgehead atoms. The van der Waals surface area contributed by atoms with Crippen LogP contribution in [0.15, 0.2) is 0 Å². The zero-order valence-corrected chi connectivity index (χ0v) is 11.1. The van der Waals surface area contributed by atoms with Gasteiger partial charge in [0.05, 0.1) is 25.9 Å². The van der Waals surface area contributed by atoms with E-state index in [1.165, 1.54) is 0 Å². The lowest BCUT2D eigenvalue weighted by molar-refractivity contribution is -0.135. The molecule has 2 unspecified atom stereocenters. The smallest absolute Gasteiger partial charge is 0.224 e. The first-order valence-electron chi connectivity index (χ1n) is 6.28. The zero-order chi connectivity index (χ0) is 12.7. The van der Waals surface area contributed by atoms with E-state index >= 15 is 0 Å². The average molecular weight is 244 g/mol. The van der Waals surface area contributed by atoms with E-state index in [-0.39, 0.29) is 18.0 Å². The maximum absolute atomic E-state index is 12.1. The number of likely N-dealkylation sites (N-methyl/N-ethyl adjacent to an activating group) is 1. The Labute approximate surface area is 103 Å². The van der Waals surface area contributed by atoms with Crippen LogP contribution in [-0.4, -0.2) is 62.9 Å². The molecule has 17 heavy (non-hydrogen) atoms. The summed E-state index contributed by atoms with van der Waals surface area (Å²) in [6.07, 6.45) is 0.502. The van der Waals surface area contributed by atoms with Crippen molar-refractivity contribution in [3.8, 4) is 0 Å². The second-order valence-corrected chi connectivity index (χ2v) is 4.41. The summed E-state index contributed by atoms with van der Waals surface area (Å²) in [5.41, 5.74) is 0. The molecule has 5 heteroatoms. The van der Waals surface area contributed by atoms with Gasteiger partial charge in [0, 0.05) is 32.7 Å². The van der Waals surface area contributed by atoms with Crippen LogP contribution in [0.3, 0.4) is 0 Å². The molecule has 2 atom stereocenters. The van der Waals surface area contributed by atoms with Crippen molar-refractivity contribution in [2.24, 2.45) is 0 Å². The predicted molar refractivity (Wildman–Crippen MR) is 66.0 cm³/mol. The molecule has 0 aromatic rings. The van der Waals surface area contributed by atoms with E-state index in [1.807, 2.05) is 18.7 Å². The Bertz CT molecular complexity index is 230. The number of methoxy groups -OCH3 is 1. The molecule has 1 amide bonds. The molecule has 1 saturated heterocycles. The number of amides is 1. The Morgan fingerprint density at radius 3 is 2.94 bits per heavy atom. The van der Waals surface area contributed by atoms with Gasteiger partial charge in [-0.25, -0.2) is 0 Å². The van der Waals surface area contributed by atoms with Crippen molar-refractivity contribution >= 4 is 5.91 Å². The fourth-order valence-electron chi connectivity index (χ4n) is 2.14. The van der Waals surface area contributed by atoms with Gasteiger partial charge >= 0.3 is 0 Å². The minimum Gasteiger partial charge on any atom is -0.383 e. The number of carbonyl (C=O) groups excluding carboxylic acids is 1. The van der Waals surface area contributed by atoms with E-state index in [2.05, 4.69) is 5.32 Å². The molecular formula is C12H24N2O3. The lowest BCUT2D eigenvalue weighted by Gasteiger charge is -2.30. The third-order valence-corrected chi connectivity index (χ3v) is 3.02. The number of carbonyl (C=O) groups is 1. The highest BCUT2D eigenvalue weighted by atomic mass is 16.5. The van der Waals surface area contributed by atoms with Crippen molar-refractivity contribution in [1.82, 2.24) is 10.2 Å². The van der Waals surface area contributed by atoms with Gasteiger partial charge in [0.2, 0.25) is 5.91 Å².